The van der Waals surface area contributed by atoms with E-state index in [1.807, 2.05) is 37.3 Å². The van der Waals surface area contributed by atoms with Crippen molar-refractivity contribution in [1.82, 2.24) is 10.2 Å². The normalized spacial score (nSPS) is 11.9. The van der Waals surface area contributed by atoms with Gasteiger partial charge in [-0.1, -0.05) is 96.9 Å². The molecule has 1 N–H and O–H groups in total. The van der Waals surface area contributed by atoms with Crippen LogP contribution >= 0.6 is 23.2 Å². The van der Waals surface area contributed by atoms with E-state index in [-0.39, 0.29) is 29.5 Å². The minimum Gasteiger partial charge on any atom is -0.354 e. The lowest BCUT2D eigenvalue weighted by Gasteiger charge is -2.34. The fourth-order valence-corrected chi connectivity index (χ4v) is 6.32. The fraction of sp³-hybridized carbons (Fsp3) is 0.212. The molecule has 43 heavy (non-hydrogen) atoms. The van der Waals surface area contributed by atoms with Crippen LogP contribution in [0.2, 0.25) is 10.0 Å². The molecule has 0 aliphatic rings. The third-order valence-electron chi connectivity index (χ3n) is 6.79. The van der Waals surface area contributed by atoms with Crippen LogP contribution in [0.4, 0.5) is 5.69 Å². The predicted molar refractivity (Wildman–Crippen MR) is 172 cm³/mol. The molecule has 0 saturated heterocycles. The molecule has 0 radical (unpaired) electrons. The van der Waals surface area contributed by atoms with Crippen LogP contribution in [0.3, 0.4) is 0 Å². The average Bonchev–Trinajstić information content (AvgIpc) is 3.02. The zero-order chi connectivity index (χ0) is 30.8. The summed E-state index contributed by atoms with van der Waals surface area (Å²) in [6, 6.07) is 29.7. The monoisotopic (exact) mass is 637 g/mol. The van der Waals surface area contributed by atoms with E-state index in [1.165, 1.54) is 23.1 Å². The molecule has 0 saturated carbocycles. The number of nitrogens with zero attached hydrogens (tertiary/aromatic N) is 2. The van der Waals surface area contributed by atoms with Gasteiger partial charge in [0.2, 0.25) is 11.8 Å². The lowest BCUT2D eigenvalue weighted by atomic mass is 10.0. The first kappa shape index (κ1) is 32.1. The maximum atomic E-state index is 14.4. The number of hydrogen-bond acceptors (Lipinski definition) is 4. The van der Waals surface area contributed by atoms with Crippen LogP contribution in [-0.2, 0) is 32.6 Å². The summed E-state index contributed by atoms with van der Waals surface area (Å²) in [6.07, 6.45) is 0.950. The molecule has 4 aromatic rings. The third kappa shape index (κ3) is 8.60. The Morgan fingerprint density at radius 3 is 2.07 bits per heavy atom. The number of carbonyl (C=O) groups excluding carboxylic acids is 2. The Bertz CT molecular complexity index is 1620. The van der Waals surface area contributed by atoms with Gasteiger partial charge in [0.1, 0.15) is 12.6 Å². The first-order valence-electron chi connectivity index (χ1n) is 13.9. The summed E-state index contributed by atoms with van der Waals surface area (Å²) in [5.74, 6) is -0.879. The first-order chi connectivity index (χ1) is 20.7. The molecular weight excluding hydrogens is 605 g/mol. The maximum Gasteiger partial charge on any atom is 0.264 e. The van der Waals surface area contributed by atoms with Crippen LogP contribution in [0.1, 0.15) is 24.5 Å². The van der Waals surface area contributed by atoms with Crippen molar-refractivity contribution in [3.05, 3.63) is 130 Å². The van der Waals surface area contributed by atoms with Crippen molar-refractivity contribution in [1.29, 1.82) is 0 Å². The van der Waals surface area contributed by atoms with E-state index in [1.54, 1.807) is 60.7 Å². The van der Waals surface area contributed by atoms with Crippen LogP contribution < -0.4 is 9.62 Å². The molecule has 0 fully saturated rings. The summed E-state index contributed by atoms with van der Waals surface area (Å²) < 4.78 is 28.9. The van der Waals surface area contributed by atoms with Gasteiger partial charge in [-0.3, -0.25) is 13.9 Å². The van der Waals surface area contributed by atoms with Gasteiger partial charge in [0, 0.05) is 29.6 Å². The van der Waals surface area contributed by atoms with Crippen molar-refractivity contribution in [3.63, 3.8) is 0 Å². The Labute approximate surface area is 263 Å². The Balaban J connectivity index is 1.78. The SMILES string of the molecule is CCCNC(=O)[C@@H](Cc1ccccc1)N(Cc1ccc(Cl)cc1)C(=O)CN(c1cccc(Cl)c1)S(=O)(=O)c1ccccc1. The molecule has 4 rings (SSSR count). The highest BCUT2D eigenvalue weighted by atomic mass is 35.5. The third-order valence-corrected chi connectivity index (χ3v) is 9.07. The number of carbonyl (C=O) groups is 2. The molecule has 10 heteroatoms. The van der Waals surface area contributed by atoms with Crippen LogP contribution in [-0.4, -0.2) is 44.3 Å². The number of sulfonamides is 1. The van der Waals surface area contributed by atoms with Crippen molar-refractivity contribution in [2.24, 2.45) is 0 Å². The Morgan fingerprint density at radius 1 is 0.791 bits per heavy atom. The van der Waals surface area contributed by atoms with Gasteiger partial charge in [-0.2, -0.15) is 0 Å². The number of amides is 2. The average molecular weight is 639 g/mol. The van der Waals surface area contributed by atoms with Crippen molar-refractivity contribution < 1.29 is 18.0 Å². The molecule has 0 unspecified atom stereocenters. The van der Waals surface area contributed by atoms with E-state index in [2.05, 4.69) is 5.32 Å². The Morgan fingerprint density at radius 2 is 1.44 bits per heavy atom. The lowest BCUT2D eigenvalue weighted by molar-refractivity contribution is -0.140. The highest BCUT2D eigenvalue weighted by Gasteiger charge is 2.34. The molecule has 0 aliphatic heterocycles. The van der Waals surface area contributed by atoms with Gasteiger partial charge in [0.25, 0.3) is 10.0 Å². The minimum absolute atomic E-state index is 0.0218. The fourth-order valence-electron chi connectivity index (χ4n) is 4.59. The van der Waals surface area contributed by atoms with Gasteiger partial charge < -0.3 is 10.2 Å². The summed E-state index contributed by atoms with van der Waals surface area (Å²) >= 11 is 12.4. The zero-order valence-electron chi connectivity index (χ0n) is 23.7. The number of nitrogens with one attached hydrogen (secondary N) is 1. The van der Waals surface area contributed by atoms with Crippen molar-refractivity contribution in [2.75, 3.05) is 17.4 Å². The molecule has 7 nitrogen and oxygen atoms in total. The van der Waals surface area contributed by atoms with Gasteiger partial charge in [-0.25, -0.2) is 8.42 Å². The summed E-state index contributed by atoms with van der Waals surface area (Å²) in [6.45, 7) is 1.88. The highest BCUT2D eigenvalue weighted by molar-refractivity contribution is 7.92. The smallest absolute Gasteiger partial charge is 0.264 e. The number of rotatable bonds is 13. The molecule has 1 atom stereocenters. The second-order valence-corrected chi connectivity index (χ2v) is 12.7. The van der Waals surface area contributed by atoms with Crippen molar-refractivity contribution in [3.8, 4) is 0 Å². The van der Waals surface area contributed by atoms with Crippen molar-refractivity contribution >= 4 is 50.7 Å². The van der Waals surface area contributed by atoms with E-state index >= 15 is 0 Å². The predicted octanol–water partition coefficient (Wildman–Crippen LogP) is 6.36. The lowest BCUT2D eigenvalue weighted by Crippen LogP contribution is -2.53. The quantitative estimate of drug-likeness (QED) is 0.185. The molecule has 4 aromatic carbocycles. The second-order valence-electron chi connectivity index (χ2n) is 9.95. The summed E-state index contributed by atoms with van der Waals surface area (Å²) in [4.78, 5) is 29.5. The molecule has 0 spiro atoms. The topological polar surface area (TPSA) is 86.8 Å². The molecule has 0 heterocycles. The highest BCUT2D eigenvalue weighted by Crippen LogP contribution is 2.27. The largest absolute Gasteiger partial charge is 0.354 e. The Hall–Kier alpha value is -3.85. The number of anilines is 1. The molecule has 224 valence electrons. The van der Waals surface area contributed by atoms with Crippen LogP contribution in [0.25, 0.3) is 0 Å². The molecule has 0 bridgehead atoms. The first-order valence-corrected chi connectivity index (χ1v) is 16.1. The van der Waals surface area contributed by atoms with Gasteiger partial charge in [-0.05, 0) is 60.0 Å². The second kappa shape index (κ2) is 15.0. The summed E-state index contributed by atoms with van der Waals surface area (Å²) in [7, 11) is -4.19. The maximum absolute atomic E-state index is 14.4. The van der Waals surface area contributed by atoms with Gasteiger partial charge in [0.15, 0.2) is 0 Å². The minimum atomic E-state index is -4.19. The number of hydrogen-bond donors (Lipinski definition) is 1. The van der Waals surface area contributed by atoms with E-state index in [4.69, 9.17) is 23.2 Å². The molecule has 0 aromatic heterocycles. The summed E-state index contributed by atoms with van der Waals surface area (Å²) in [5.41, 5.74) is 1.82. The van der Waals surface area contributed by atoms with Crippen LogP contribution in [0.15, 0.2) is 114 Å². The summed E-state index contributed by atoms with van der Waals surface area (Å²) in [5, 5.41) is 3.78. The van der Waals surface area contributed by atoms with Gasteiger partial charge in [0.05, 0.1) is 10.6 Å². The number of benzene rings is 4. The van der Waals surface area contributed by atoms with Crippen LogP contribution in [0.5, 0.6) is 0 Å². The van der Waals surface area contributed by atoms with Gasteiger partial charge in [-0.15, -0.1) is 0 Å². The molecule has 2 amide bonds. The van der Waals surface area contributed by atoms with Crippen molar-refractivity contribution in [2.45, 2.75) is 37.2 Å². The Kier molecular flexibility index (Phi) is 11.2. The van der Waals surface area contributed by atoms with E-state index in [0.29, 0.717) is 23.0 Å². The van der Waals surface area contributed by atoms with E-state index in [9.17, 15) is 18.0 Å². The number of halogens is 2. The zero-order valence-corrected chi connectivity index (χ0v) is 26.0. The molecular formula is C33H33Cl2N3O4S. The van der Waals surface area contributed by atoms with Crippen LogP contribution in [0, 0.1) is 0 Å². The van der Waals surface area contributed by atoms with Gasteiger partial charge >= 0.3 is 0 Å². The standard InChI is InChI=1S/C33H33Cl2N3O4S/c1-2-20-36-33(40)31(21-25-10-5-3-6-11-25)37(23-26-16-18-27(34)19-17-26)32(39)24-38(29-13-9-12-28(35)22-29)43(41,42)30-14-7-4-8-15-30/h3-19,22,31H,2,20-21,23-24H2,1H3,(H,36,40)/t31-/m1/s1. The van der Waals surface area contributed by atoms with E-state index < -0.39 is 28.5 Å². The van der Waals surface area contributed by atoms with E-state index in [0.717, 1.165) is 15.4 Å². The molecule has 0 aliphatic carbocycles.